The molecule has 1 amide bonds. The maximum Gasteiger partial charge on any atom is 0.222 e. The van der Waals surface area contributed by atoms with Gasteiger partial charge in [0.25, 0.3) is 0 Å². The number of ketones is 1. The summed E-state index contributed by atoms with van der Waals surface area (Å²) in [7, 11) is 0. The zero-order valence-corrected chi connectivity index (χ0v) is 18.1. The number of aryl methyl sites for hydroxylation is 1. The Morgan fingerprint density at radius 2 is 2.17 bits per heavy atom. The molecule has 1 aromatic heterocycles. The topological polar surface area (TPSA) is 55.8 Å². The number of Topliss-reactive ketones (excluding diaryl/α,β-unsaturated/α-hetero) is 1. The van der Waals surface area contributed by atoms with Crippen molar-refractivity contribution in [2.75, 3.05) is 26.3 Å². The number of hydrogen-bond donors (Lipinski definition) is 0. The van der Waals surface area contributed by atoms with Gasteiger partial charge in [0.1, 0.15) is 18.5 Å². The Kier molecular flexibility index (Phi) is 8.09. The molecule has 3 rings (SSSR count). The standard InChI is InChI=1S/C22H26ClNO4S/c1-16(25)20-13-17(23)8-9-21(20)28-15-18-14-24(10-11-27-18)22(26)7-3-2-5-19-6-4-12-29-19/h4,6,8-9,12-13,18H,2-3,5,7,10-11,14-15H2,1H3. The largest absolute Gasteiger partial charge is 0.490 e. The number of unbranched alkanes of at least 4 members (excludes halogenated alkanes) is 1. The fraction of sp³-hybridized carbons (Fsp3) is 0.455. The molecule has 1 aliphatic rings. The van der Waals surface area contributed by atoms with Gasteiger partial charge in [0, 0.05) is 22.9 Å². The fourth-order valence-corrected chi connectivity index (χ4v) is 4.24. The van der Waals surface area contributed by atoms with Gasteiger partial charge in [0.15, 0.2) is 5.78 Å². The Bertz CT molecular complexity index is 824. The molecule has 2 aromatic rings. The van der Waals surface area contributed by atoms with Crippen molar-refractivity contribution in [3.63, 3.8) is 0 Å². The first-order valence-electron chi connectivity index (χ1n) is 9.88. The third-order valence-corrected chi connectivity index (χ3v) is 6.05. The van der Waals surface area contributed by atoms with E-state index >= 15 is 0 Å². The number of benzene rings is 1. The van der Waals surface area contributed by atoms with Crippen LogP contribution in [-0.2, 0) is 16.0 Å². The molecule has 1 fully saturated rings. The first-order valence-corrected chi connectivity index (χ1v) is 11.1. The van der Waals surface area contributed by atoms with Crippen LogP contribution in [0.3, 0.4) is 0 Å². The van der Waals surface area contributed by atoms with Crippen molar-refractivity contribution < 1.29 is 19.1 Å². The SMILES string of the molecule is CC(=O)c1cc(Cl)ccc1OCC1CN(C(=O)CCCCc2cccs2)CCO1. The molecule has 1 aromatic carbocycles. The van der Waals surface area contributed by atoms with Crippen molar-refractivity contribution in [1.29, 1.82) is 0 Å². The average Bonchev–Trinajstić information content (AvgIpc) is 3.24. The summed E-state index contributed by atoms with van der Waals surface area (Å²) in [6.07, 6.45) is 3.29. The van der Waals surface area contributed by atoms with Gasteiger partial charge >= 0.3 is 0 Å². The summed E-state index contributed by atoms with van der Waals surface area (Å²) in [5.41, 5.74) is 0.451. The Morgan fingerprint density at radius 1 is 1.31 bits per heavy atom. The predicted molar refractivity (Wildman–Crippen MR) is 115 cm³/mol. The number of hydrogen-bond acceptors (Lipinski definition) is 5. The molecule has 1 unspecified atom stereocenters. The van der Waals surface area contributed by atoms with Crippen LogP contribution in [0, 0.1) is 0 Å². The van der Waals surface area contributed by atoms with Crippen molar-refractivity contribution in [1.82, 2.24) is 4.90 Å². The van der Waals surface area contributed by atoms with Crippen LogP contribution >= 0.6 is 22.9 Å². The van der Waals surface area contributed by atoms with Crippen molar-refractivity contribution in [3.8, 4) is 5.75 Å². The highest BCUT2D eigenvalue weighted by molar-refractivity contribution is 7.09. The molecule has 1 saturated heterocycles. The minimum atomic E-state index is -0.214. The quantitative estimate of drug-likeness (QED) is 0.426. The van der Waals surface area contributed by atoms with E-state index in [1.165, 1.54) is 11.8 Å². The highest BCUT2D eigenvalue weighted by Crippen LogP contribution is 2.24. The number of amides is 1. The first-order chi connectivity index (χ1) is 14.0. The van der Waals surface area contributed by atoms with Crippen LogP contribution in [0.4, 0.5) is 0 Å². The fourth-order valence-electron chi connectivity index (χ4n) is 3.32. The van der Waals surface area contributed by atoms with Gasteiger partial charge in [-0.1, -0.05) is 17.7 Å². The van der Waals surface area contributed by atoms with E-state index in [0.29, 0.717) is 42.5 Å². The van der Waals surface area contributed by atoms with Crippen LogP contribution in [0.15, 0.2) is 35.7 Å². The summed E-state index contributed by atoms with van der Waals surface area (Å²) in [5, 5.41) is 2.58. The number of nitrogens with zero attached hydrogens (tertiary/aromatic N) is 1. The molecule has 0 aliphatic carbocycles. The van der Waals surface area contributed by atoms with E-state index in [1.54, 1.807) is 29.5 Å². The smallest absolute Gasteiger partial charge is 0.222 e. The highest BCUT2D eigenvalue weighted by Gasteiger charge is 2.25. The van der Waals surface area contributed by atoms with Crippen LogP contribution in [-0.4, -0.2) is 49.0 Å². The molecular formula is C22H26ClNO4S. The number of thiophene rings is 1. The van der Waals surface area contributed by atoms with E-state index < -0.39 is 0 Å². The Balaban J connectivity index is 1.44. The summed E-state index contributed by atoms with van der Waals surface area (Å²) in [6.45, 7) is 3.38. The summed E-state index contributed by atoms with van der Waals surface area (Å²) >= 11 is 7.73. The number of halogens is 1. The van der Waals surface area contributed by atoms with Gasteiger partial charge in [-0.15, -0.1) is 11.3 Å². The van der Waals surface area contributed by atoms with Crippen LogP contribution in [0.2, 0.25) is 5.02 Å². The predicted octanol–water partition coefficient (Wildman–Crippen LogP) is 4.62. The lowest BCUT2D eigenvalue weighted by molar-refractivity contribution is -0.140. The third kappa shape index (κ3) is 6.56. The van der Waals surface area contributed by atoms with Crippen molar-refractivity contribution in [2.24, 2.45) is 0 Å². The molecule has 1 atom stereocenters. The van der Waals surface area contributed by atoms with Gasteiger partial charge in [-0.3, -0.25) is 9.59 Å². The second kappa shape index (κ2) is 10.8. The molecule has 0 N–H and O–H groups in total. The van der Waals surface area contributed by atoms with Crippen molar-refractivity contribution in [2.45, 2.75) is 38.7 Å². The van der Waals surface area contributed by atoms with E-state index in [0.717, 1.165) is 19.3 Å². The molecule has 0 radical (unpaired) electrons. The molecule has 156 valence electrons. The number of rotatable bonds is 9. The van der Waals surface area contributed by atoms with Crippen LogP contribution in [0.5, 0.6) is 5.75 Å². The van der Waals surface area contributed by atoms with E-state index in [2.05, 4.69) is 17.5 Å². The Labute approximate surface area is 180 Å². The molecule has 29 heavy (non-hydrogen) atoms. The van der Waals surface area contributed by atoms with E-state index in [-0.39, 0.29) is 24.4 Å². The minimum Gasteiger partial charge on any atom is -0.490 e. The van der Waals surface area contributed by atoms with Crippen molar-refractivity contribution in [3.05, 3.63) is 51.2 Å². The summed E-state index contributed by atoms with van der Waals surface area (Å²) < 4.78 is 11.6. The lowest BCUT2D eigenvalue weighted by Gasteiger charge is -2.33. The number of carbonyl (C=O) groups is 2. The lowest BCUT2D eigenvalue weighted by Crippen LogP contribution is -2.47. The molecule has 2 heterocycles. The maximum atomic E-state index is 12.5. The number of morpholine rings is 1. The maximum absolute atomic E-state index is 12.5. The van der Waals surface area contributed by atoms with Crippen LogP contribution < -0.4 is 4.74 Å². The lowest BCUT2D eigenvalue weighted by atomic mass is 10.1. The van der Waals surface area contributed by atoms with E-state index in [1.807, 2.05) is 4.90 Å². The van der Waals surface area contributed by atoms with Crippen LogP contribution in [0.25, 0.3) is 0 Å². The van der Waals surface area contributed by atoms with E-state index in [4.69, 9.17) is 21.1 Å². The van der Waals surface area contributed by atoms with Gasteiger partial charge in [0.2, 0.25) is 5.91 Å². The van der Waals surface area contributed by atoms with Gasteiger partial charge in [0.05, 0.1) is 18.7 Å². The Morgan fingerprint density at radius 3 is 2.93 bits per heavy atom. The molecule has 7 heteroatoms. The molecule has 0 bridgehead atoms. The molecular weight excluding hydrogens is 410 g/mol. The third-order valence-electron chi connectivity index (χ3n) is 4.88. The minimum absolute atomic E-state index is 0.105. The van der Waals surface area contributed by atoms with Gasteiger partial charge in [-0.05, 0) is 55.8 Å². The molecule has 0 spiro atoms. The molecule has 1 aliphatic heterocycles. The molecule has 5 nitrogen and oxygen atoms in total. The van der Waals surface area contributed by atoms with Crippen LogP contribution in [0.1, 0.15) is 41.4 Å². The number of ether oxygens (including phenoxy) is 2. The summed E-state index contributed by atoms with van der Waals surface area (Å²) in [6, 6.07) is 9.18. The summed E-state index contributed by atoms with van der Waals surface area (Å²) in [4.78, 5) is 27.5. The zero-order chi connectivity index (χ0) is 20.6. The first kappa shape index (κ1) is 21.8. The highest BCUT2D eigenvalue weighted by atomic mass is 35.5. The zero-order valence-electron chi connectivity index (χ0n) is 16.6. The Hall–Kier alpha value is -1.89. The van der Waals surface area contributed by atoms with Gasteiger partial charge in [-0.25, -0.2) is 0 Å². The average molecular weight is 436 g/mol. The normalized spacial score (nSPS) is 16.6. The second-order valence-electron chi connectivity index (χ2n) is 7.13. The van der Waals surface area contributed by atoms with Crippen molar-refractivity contribution >= 4 is 34.6 Å². The number of carbonyl (C=O) groups excluding carboxylic acids is 2. The van der Waals surface area contributed by atoms with E-state index in [9.17, 15) is 9.59 Å². The second-order valence-corrected chi connectivity index (χ2v) is 8.60. The van der Waals surface area contributed by atoms with Gasteiger partial charge in [-0.2, -0.15) is 0 Å². The summed E-state index contributed by atoms with van der Waals surface area (Å²) in [5.74, 6) is 0.550. The molecule has 0 saturated carbocycles. The van der Waals surface area contributed by atoms with Gasteiger partial charge < -0.3 is 14.4 Å². The monoisotopic (exact) mass is 435 g/mol.